The normalized spacial score (nSPS) is 12.5. The average molecular weight is 383 g/mol. The summed E-state index contributed by atoms with van der Waals surface area (Å²) in [4.78, 5) is 11.8. The van der Waals surface area contributed by atoms with Gasteiger partial charge in [0.1, 0.15) is 5.75 Å². The highest BCUT2D eigenvalue weighted by Crippen LogP contribution is 2.17. The number of thiazole rings is 1. The van der Waals surface area contributed by atoms with Gasteiger partial charge in [0, 0.05) is 13.5 Å². The number of benzene rings is 2. The molecule has 7 heteroatoms. The summed E-state index contributed by atoms with van der Waals surface area (Å²) in [6.45, 7) is 2.52. The van der Waals surface area contributed by atoms with Gasteiger partial charge >= 0.3 is 5.97 Å². The van der Waals surface area contributed by atoms with Crippen molar-refractivity contribution in [1.82, 2.24) is 4.57 Å². The Hall–Kier alpha value is -2.93. The third-order valence-electron chi connectivity index (χ3n) is 4.05. The zero-order valence-corrected chi connectivity index (χ0v) is 16.1. The van der Waals surface area contributed by atoms with E-state index in [0.717, 1.165) is 26.3 Å². The Morgan fingerprint density at radius 2 is 1.89 bits per heavy atom. The Kier molecular flexibility index (Phi) is 6.03. The summed E-state index contributed by atoms with van der Waals surface area (Å²) in [5.41, 5.74) is 2.56. The number of rotatable bonds is 7. The number of para-hydroxylation sites is 1. The number of fused-ring (bicyclic) bond motifs is 1. The van der Waals surface area contributed by atoms with E-state index in [1.54, 1.807) is 11.3 Å². The van der Waals surface area contributed by atoms with E-state index in [1.165, 1.54) is 0 Å². The summed E-state index contributed by atoms with van der Waals surface area (Å²) in [5, 5.41) is 17.8. The molecule has 3 rings (SSSR count). The fraction of sp³-hybridized carbons (Fsp3) is 0.250. The van der Waals surface area contributed by atoms with Crippen LogP contribution in [0.3, 0.4) is 0 Å². The van der Waals surface area contributed by atoms with Crippen LogP contribution >= 0.6 is 11.3 Å². The first-order valence-electron chi connectivity index (χ1n) is 8.68. The first-order chi connectivity index (χ1) is 13.1. The highest BCUT2D eigenvalue weighted by atomic mass is 32.1. The molecule has 0 radical (unpaired) electrons. The van der Waals surface area contributed by atoms with E-state index in [-0.39, 0.29) is 6.42 Å². The van der Waals surface area contributed by atoms with Crippen LogP contribution in [-0.4, -0.2) is 28.0 Å². The van der Waals surface area contributed by atoms with Crippen molar-refractivity contribution in [3.63, 3.8) is 0 Å². The smallest absolute Gasteiger partial charge is 0.303 e. The van der Waals surface area contributed by atoms with Gasteiger partial charge in [-0.15, -0.1) is 5.10 Å². The lowest BCUT2D eigenvalue weighted by Crippen LogP contribution is -2.10. The largest absolute Gasteiger partial charge is 0.494 e. The van der Waals surface area contributed by atoms with Crippen LogP contribution in [0.5, 0.6) is 5.75 Å². The second-order valence-corrected chi connectivity index (χ2v) is 6.92. The predicted molar refractivity (Wildman–Crippen MR) is 107 cm³/mol. The number of carbonyl (C=O) groups is 1. The fourth-order valence-electron chi connectivity index (χ4n) is 2.67. The second kappa shape index (κ2) is 8.64. The zero-order chi connectivity index (χ0) is 19.2. The van der Waals surface area contributed by atoms with Gasteiger partial charge in [-0.05, 0) is 48.9 Å². The SMILES string of the molecule is CCOc1ccc(/C(CCC(=O)O)=N/N=c2/sc3ccccc3n2C)cc1. The molecular weight excluding hydrogens is 362 g/mol. The Labute approximate surface area is 161 Å². The highest BCUT2D eigenvalue weighted by Gasteiger charge is 2.08. The molecule has 0 saturated heterocycles. The predicted octanol–water partition coefficient (Wildman–Crippen LogP) is 3.81. The number of aryl methyl sites for hydroxylation is 1. The number of nitrogens with zero attached hydrogens (tertiary/aromatic N) is 3. The molecular formula is C20H21N3O3S. The van der Waals surface area contributed by atoms with Crippen molar-refractivity contribution < 1.29 is 14.6 Å². The molecule has 1 N–H and O–H groups in total. The molecule has 2 aromatic carbocycles. The number of hydrogen-bond donors (Lipinski definition) is 1. The molecule has 0 spiro atoms. The van der Waals surface area contributed by atoms with E-state index in [2.05, 4.69) is 10.2 Å². The van der Waals surface area contributed by atoms with Crippen LogP contribution < -0.4 is 9.54 Å². The summed E-state index contributed by atoms with van der Waals surface area (Å²) >= 11 is 1.55. The molecule has 0 bridgehead atoms. The lowest BCUT2D eigenvalue weighted by Gasteiger charge is -2.06. The molecule has 0 fully saturated rings. The zero-order valence-electron chi connectivity index (χ0n) is 15.3. The van der Waals surface area contributed by atoms with Crippen LogP contribution in [0.4, 0.5) is 0 Å². The Morgan fingerprint density at radius 1 is 1.15 bits per heavy atom. The van der Waals surface area contributed by atoms with Gasteiger partial charge in [0.15, 0.2) is 0 Å². The molecule has 140 valence electrons. The topological polar surface area (TPSA) is 76.2 Å². The van der Waals surface area contributed by atoms with Crippen molar-refractivity contribution >= 4 is 33.2 Å². The maximum Gasteiger partial charge on any atom is 0.303 e. The van der Waals surface area contributed by atoms with E-state index >= 15 is 0 Å². The number of carboxylic acid groups (broad SMARTS) is 1. The molecule has 0 unspecified atom stereocenters. The molecule has 0 atom stereocenters. The molecule has 0 aliphatic heterocycles. The number of aliphatic carboxylic acids is 1. The second-order valence-electron chi connectivity index (χ2n) is 5.91. The van der Waals surface area contributed by atoms with Crippen LogP contribution in [-0.2, 0) is 11.8 Å². The van der Waals surface area contributed by atoms with Crippen LogP contribution in [0.15, 0.2) is 58.7 Å². The monoisotopic (exact) mass is 383 g/mol. The molecule has 1 aromatic heterocycles. The maximum absolute atomic E-state index is 11.0. The fourth-order valence-corrected chi connectivity index (χ4v) is 3.64. The minimum Gasteiger partial charge on any atom is -0.494 e. The van der Waals surface area contributed by atoms with Gasteiger partial charge < -0.3 is 14.4 Å². The standard InChI is InChI=1S/C20H21N3O3S/c1-3-26-15-10-8-14(9-11-15)16(12-13-19(24)25)21-22-20-23(2)17-6-4-5-7-18(17)27-20/h4-11H,3,12-13H2,1-2H3,(H,24,25)/b21-16+,22-20+. The first-order valence-corrected chi connectivity index (χ1v) is 9.50. The number of carboxylic acids is 1. The van der Waals surface area contributed by atoms with Crippen molar-refractivity contribution in [1.29, 1.82) is 0 Å². The van der Waals surface area contributed by atoms with Crippen LogP contribution in [0.2, 0.25) is 0 Å². The lowest BCUT2D eigenvalue weighted by atomic mass is 10.1. The minimum absolute atomic E-state index is 0.000105. The Morgan fingerprint density at radius 3 is 2.56 bits per heavy atom. The molecule has 0 saturated carbocycles. The third kappa shape index (κ3) is 4.62. The number of ether oxygens (including phenoxy) is 1. The van der Waals surface area contributed by atoms with Crippen molar-refractivity contribution in [2.24, 2.45) is 17.3 Å². The molecule has 6 nitrogen and oxygen atoms in total. The van der Waals surface area contributed by atoms with E-state index in [9.17, 15) is 4.79 Å². The van der Waals surface area contributed by atoms with Gasteiger partial charge in [0.05, 0.1) is 29.0 Å². The molecule has 0 aliphatic rings. The Balaban J connectivity index is 1.98. The van der Waals surface area contributed by atoms with Crippen molar-refractivity contribution in [3.05, 3.63) is 58.9 Å². The van der Waals surface area contributed by atoms with Gasteiger partial charge in [0.2, 0.25) is 4.80 Å². The van der Waals surface area contributed by atoms with E-state index in [4.69, 9.17) is 9.84 Å². The lowest BCUT2D eigenvalue weighted by molar-refractivity contribution is -0.136. The molecule has 1 heterocycles. The quantitative estimate of drug-likeness (QED) is 0.498. The van der Waals surface area contributed by atoms with E-state index in [0.29, 0.717) is 18.7 Å². The van der Waals surface area contributed by atoms with Crippen molar-refractivity contribution in [2.45, 2.75) is 19.8 Å². The van der Waals surface area contributed by atoms with E-state index < -0.39 is 5.97 Å². The first kappa shape index (κ1) is 18.8. The number of aromatic nitrogens is 1. The summed E-state index contributed by atoms with van der Waals surface area (Å²) < 4.78 is 8.57. The average Bonchev–Trinajstić information content (AvgIpc) is 2.99. The Bertz CT molecular complexity index is 1030. The maximum atomic E-state index is 11.0. The molecule has 3 aromatic rings. The van der Waals surface area contributed by atoms with Gasteiger partial charge in [-0.2, -0.15) is 5.10 Å². The third-order valence-corrected chi connectivity index (χ3v) is 5.15. The van der Waals surface area contributed by atoms with E-state index in [1.807, 2.05) is 67.1 Å². The summed E-state index contributed by atoms with van der Waals surface area (Å²) in [6.07, 6.45) is 0.307. The summed E-state index contributed by atoms with van der Waals surface area (Å²) in [6, 6.07) is 15.5. The molecule has 0 amide bonds. The number of hydrogen-bond acceptors (Lipinski definition) is 5. The van der Waals surface area contributed by atoms with Gasteiger partial charge in [-0.3, -0.25) is 4.79 Å². The molecule has 0 aliphatic carbocycles. The van der Waals surface area contributed by atoms with Crippen molar-refractivity contribution in [3.8, 4) is 5.75 Å². The van der Waals surface area contributed by atoms with Crippen LogP contribution in [0, 0.1) is 0 Å². The van der Waals surface area contributed by atoms with Gasteiger partial charge in [-0.1, -0.05) is 23.5 Å². The van der Waals surface area contributed by atoms with Gasteiger partial charge in [0.25, 0.3) is 0 Å². The van der Waals surface area contributed by atoms with Crippen LogP contribution in [0.25, 0.3) is 10.2 Å². The van der Waals surface area contributed by atoms with Crippen LogP contribution in [0.1, 0.15) is 25.3 Å². The summed E-state index contributed by atoms with van der Waals surface area (Å²) in [5.74, 6) is -0.0901. The highest BCUT2D eigenvalue weighted by molar-refractivity contribution is 7.16. The minimum atomic E-state index is -0.860. The summed E-state index contributed by atoms with van der Waals surface area (Å²) in [7, 11) is 1.95. The van der Waals surface area contributed by atoms with Gasteiger partial charge in [-0.25, -0.2) is 0 Å². The molecule has 27 heavy (non-hydrogen) atoms. The van der Waals surface area contributed by atoms with Crippen molar-refractivity contribution in [2.75, 3.05) is 6.61 Å².